The van der Waals surface area contributed by atoms with Crippen LogP contribution in [0.3, 0.4) is 0 Å². The maximum absolute atomic E-state index is 4.90. The molecule has 4 heterocycles. The largest absolute Gasteiger partial charge is 0.309 e. The Bertz CT molecular complexity index is 2530. The van der Waals surface area contributed by atoms with Gasteiger partial charge in [0.15, 0.2) is 0 Å². The average molecular weight is 601 g/mol. The molecule has 0 unspecified atom stereocenters. The topological polar surface area (TPSA) is 61.4 Å². The Hall–Kier alpha value is -5.44. The number of para-hydroxylation sites is 4. The molecule has 0 radical (unpaired) electrons. The Morgan fingerprint density at radius 2 is 0.773 bits per heavy atom. The molecule has 0 aliphatic carbocycles. The quantitative estimate of drug-likeness (QED) is 0.203. The number of hydrogen-bond donors (Lipinski definition) is 0. The molecule has 10 aromatic rings. The van der Waals surface area contributed by atoms with Gasteiger partial charge in [0.2, 0.25) is 0 Å². The molecule has 0 aliphatic heterocycles. The molecule has 0 bridgehead atoms. The van der Waals surface area contributed by atoms with Gasteiger partial charge < -0.3 is 9.13 Å². The molecule has 6 nitrogen and oxygen atoms in total. The van der Waals surface area contributed by atoms with Crippen LogP contribution in [0.25, 0.3) is 88.2 Å². The molecule has 6 aromatic carbocycles. The molecule has 0 spiro atoms. The van der Waals surface area contributed by atoms with Crippen molar-refractivity contribution in [3.63, 3.8) is 0 Å². The highest BCUT2D eigenvalue weighted by Crippen LogP contribution is 2.45. The van der Waals surface area contributed by atoms with Crippen molar-refractivity contribution in [1.82, 2.24) is 26.6 Å². The van der Waals surface area contributed by atoms with Crippen molar-refractivity contribution >= 4 is 89.1 Å². The molecule has 44 heavy (non-hydrogen) atoms. The van der Waals surface area contributed by atoms with Gasteiger partial charge in [0, 0.05) is 44.0 Å². The van der Waals surface area contributed by atoms with Gasteiger partial charge in [-0.1, -0.05) is 72.8 Å². The minimum absolute atomic E-state index is 0.884. The normalized spacial score (nSPS) is 12.1. The second kappa shape index (κ2) is 9.03. The third-order valence-corrected chi connectivity index (χ3v) is 9.72. The van der Waals surface area contributed by atoms with E-state index in [1.807, 2.05) is 0 Å². The van der Waals surface area contributed by atoms with Crippen molar-refractivity contribution in [3.05, 3.63) is 121 Å². The summed E-state index contributed by atoms with van der Waals surface area (Å²) in [7, 11) is 0. The van der Waals surface area contributed by atoms with Gasteiger partial charge in [-0.25, -0.2) is 0 Å². The molecule has 0 N–H and O–H groups in total. The predicted octanol–water partition coefficient (Wildman–Crippen LogP) is 9.56. The zero-order valence-corrected chi connectivity index (χ0v) is 24.7. The monoisotopic (exact) mass is 600 g/mol. The highest BCUT2D eigenvalue weighted by atomic mass is 32.1. The van der Waals surface area contributed by atoms with Gasteiger partial charge in [0.1, 0.15) is 22.1 Å². The molecule has 10 rings (SSSR count). The lowest BCUT2D eigenvalue weighted by atomic mass is 9.98. The fourth-order valence-electron chi connectivity index (χ4n) is 6.88. The molecular formula is C36H20N6S2. The number of nitrogens with zero attached hydrogens (tertiary/aromatic N) is 6. The van der Waals surface area contributed by atoms with E-state index >= 15 is 0 Å². The van der Waals surface area contributed by atoms with E-state index < -0.39 is 0 Å². The lowest BCUT2D eigenvalue weighted by molar-refractivity contribution is 1.18. The average Bonchev–Trinajstić information content (AvgIpc) is 3.87. The zero-order valence-electron chi connectivity index (χ0n) is 23.0. The van der Waals surface area contributed by atoms with Crippen molar-refractivity contribution in [2.24, 2.45) is 0 Å². The van der Waals surface area contributed by atoms with Crippen molar-refractivity contribution in [2.75, 3.05) is 0 Å². The van der Waals surface area contributed by atoms with Crippen molar-refractivity contribution < 1.29 is 0 Å². The summed E-state index contributed by atoms with van der Waals surface area (Å²) in [5.41, 5.74) is 12.3. The Morgan fingerprint density at radius 1 is 0.386 bits per heavy atom. The molecule has 206 valence electrons. The summed E-state index contributed by atoms with van der Waals surface area (Å²) in [4.78, 5) is 0. The van der Waals surface area contributed by atoms with Crippen LogP contribution in [-0.2, 0) is 0 Å². The second-order valence-electron chi connectivity index (χ2n) is 10.9. The summed E-state index contributed by atoms with van der Waals surface area (Å²) < 4.78 is 24.3. The molecule has 4 aromatic heterocycles. The molecular weight excluding hydrogens is 581 g/mol. The second-order valence-corrected chi connectivity index (χ2v) is 12.0. The minimum Gasteiger partial charge on any atom is -0.309 e. The number of rotatable bonds is 3. The van der Waals surface area contributed by atoms with E-state index in [0.29, 0.717) is 0 Å². The third-order valence-electron chi connectivity index (χ3n) is 8.66. The fraction of sp³-hybridized carbons (Fsp3) is 0. The maximum atomic E-state index is 4.90. The molecule has 0 saturated carbocycles. The standard InChI is InChI=1S/C36H20N6S2/c1-3-11-21(12-4-1)41-27-17-9-7-15-23(27)31-29(41)19-25(33-35(31)39-43-37-33)26-20-30-32(36-34(26)38-44-40-36)24-16-8-10-18-28(24)42(30)22-13-5-2-6-14-22/h1-20H. The fourth-order valence-corrected chi connectivity index (χ4v) is 8.01. The molecule has 8 heteroatoms. The summed E-state index contributed by atoms with van der Waals surface area (Å²) >= 11 is 2.51. The van der Waals surface area contributed by atoms with Gasteiger partial charge in [-0.2, -0.15) is 17.5 Å². The van der Waals surface area contributed by atoms with Crippen LogP contribution >= 0.6 is 23.5 Å². The Morgan fingerprint density at radius 3 is 1.23 bits per heavy atom. The van der Waals surface area contributed by atoms with Gasteiger partial charge >= 0.3 is 0 Å². The van der Waals surface area contributed by atoms with E-state index in [9.17, 15) is 0 Å². The number of fused-ring (bicyclic) bond motifs is 10. The third kappa shape index (κ3) is 3.18. The van der Waals surface area contributed by atoms with E-state index in [2.05, 4.69) is 130 Å². The Labute approximate surface area is 258 Å². The van der Waals surface area contributed by atoms with Gasteiger partial charge in [-0.05, 0) is 48.5 Å². The molecule has 0 atom stereocenters. The van der Waals surface area contributed by atoms with Crippen LogP contribution in [0.4, 0.5) is 0 Å². The van der Waals surface area contributed by atoms with Crippen LogP contribution in [0, 0.1) is 0 Å². The van der Waals surface area contributed by atoms with E-state index in [1.165, 1.54) is 23.5 Å². The molecule has 0 aliphatic rings. The summed E-state index contributed by atoms with van der Waals surface area (Å²) in [6, 6.07) is 42.7. The van der Waals surface area contributed by atoms with Crippen LogP contribution in [0.1, 0.15) is 0 Å². The summed E-state index contributed by atoms with van der Waals surface area (Å²) in [5.74, 6) is 0. The molecule has 0 fully saturated rings. The minimum atomic E-state index is 0.884. The first-order valence-electron chi connectivity index (χ1n) is 14.3. The van der Waals surface area contributed by atoms with Crippen LogP contribution in [0.2, 0.25) is 0 Å². The van der Waals surface area contributed by atoms with Gasteiger partial charge in [0.05, 0.1) is 45.5 Å². The first-order chi connectivity index (χ1) is 21.9. The summed E-state index contributed by atoms with van der Waals surface area (Å²) in [5, 5.41) is 4.56. The highest BCUT2D eigenvalue weighted by molar-refractivity contribution is 7.00. The summed E-state index contributed by atoms with van der Waals surface area (Å²) in [6.45, 7) is 0. The van der Waals surface area contributed by atoms with Crippen molar-refractivity contribution in [3.8, 4) is 22.5 Å². The van der Waals surface area contributed by atoms with Crippen molar-refractivity contribution in [2.45, 2.75) is 0 Å². The van der Waals surface area contributed by atoms with E-state index in [-0.39, 0.29) is 0 Å². The van der Waals surface area contributed by atoms with Crippen LogP contribution in [0.5, 0.6) is 0 Å². The highest BCUT2D eigenvalue weighted by Gasteiger charge is 2.24. The van der Waals surface area contributed by atoms with E-state index in [4.69, 9.17) is 17.5 Å². The van der Waals surface area contributed by atoms with Gasteiger partial charge in [-0.3, -0.25) is 0 Å². The van der Waals surface area contributed by atoms with Gasteiger partial charge in [0.25, 0.3) is 0 Å². The Kier molecular flexibility index (Phi) is 4.94. The zero-order chi connectivity index (χ0) is 28.8. The van der Waals surface area contributed by atoms with Crippen LogP contribution in [0.15, 0.2) is 121 Å². The van der Waals surface area contributed by atoms with Crippen LogP contribution in [-0.4, -0.2) is 26.6 Å². The molecule has 0 amide bonds. The maximum Gasteiger partial charge on any atom is 0.115 e. The molecule has 0 saturated heterocycles. The first-order valence-corrected chi connectivity index (χ1v) is 15.8. The smallest absolute Gasteiger partial charge is 0.115 e. The first kappa shape index (κ1) is 24.0. The van der Waals surface area contributed by atoms with Crippen molar-refractivity contribution in [1.29, 1.82) is 0 Å². The number of benzene rings is 6. The predicted molar refractivity (Wildman–Crippen MR) is 183 cm³/mol. The Balaban J connectivity index is 1.39. The summed E-state index contributed by atoms with van der Waals surface area (Å²) in [6.07, 6.45) is 0. The van der Waals surface area contributed by atoms with E-state index in [0.717, 1.165) is 88.2 Å². The van der Waals surface area contributed by atoms with Crippen LogP contribution < -0.4 is 0 Å². The van der Waals surface area contributed by atoms with E-state index in [1.54, 1.807) is 0 Å². The number of aromatic nitrogens is 6. The lowest BCUT2D eigenvalue weighted by Crippen LogP contribution is -1.95. The lowest BCUT2D eigenvalue weighted by Gasteiger charge is -2.11. The number of hydrogen-bond acceptors (Lipinski definition) is 6. The SMILES string of the molecule is c1ccc(-n2c3ccccc3c3c4nsnc4c(-c4cc5c(c6ccccc6n5-c5ccccc5)c5nsnc45)cc32)cc1. The van der Waals surface area contributed by atoms with Gasteiger partial charge in [-0.15, -0.1) is 0 Å².